The number of pyridine rings is 1. The van der Waals surface area contributed by atoms with Gasteiger partial charge >= 0.3 is 0 Å². The van der Waals surface area contributed by atoms with Crippen LogP contribution in [0.4, 0.5) is 5.82 Å². The number of rotatable bonds is 2. The number of fused-ring (bicyclic) bond motifs is 1. The van der Waals surface area contributed by atoms with E-state index in [1.165, 1.54) is 0 Å². The standard InChI is InChI=1S/C14H20N4O/c1-10-8-17(9-11(2)19-10)14-12(7-15)18-6-4-3-5-13(18)16-14/h3-6,10-11H,7-9,15H2,1-2H3. The van der Waals surface area contributed by atoms with Crippen molar-refractivity contribution in [2.24, 2.45) is 5.73 Å². The second-order valence-corrected chi connectivity index (χ2v) is 5.18. The molecule has 2 aromatic rings. The molecule has 1 saturated heterocycles. The SMILES string of the molecule is CC1CN(c2nc3ccccn3c2CN)CC(C)O1. The van der Waals surface area contributed by atoms with E-state index in [1.54, 1.807) is 0 Å². The predicted molar refractivity (Wildman–Crippen MR) is 75.3 cm³/mol. The number of aromatic nitrogens is 2. The molecule has 19 heavy (non-hydrogen) atoms. The molecule has 3 heterocycles. The monoisotopic (exact) mass is 260 g/mol. The maximum absolute atomic E-state index is 5.92. The summed E-state index contributed by atoms with van der Waals surface area (Å²) < 4.78 is 7.85. The van der Waals surface area contributed by atoms with Gasteiger partial charge in [-0.05, 0) is 26.0 Å². The fraction of sp³-hybridized carbons (Fsp3) is 0.500. The van der Waals surface area contributed by atoms with Gasteiger partial charge in [-0.15, -0.1) is 0 Å². The third-order valence-corrected chi connectivity index (χ3v) is 3.52. The van der Waals surface area contributed by atoms with Crippen LogP contribution in [-0.4, -0.2) is 34.7 Å². The fourth-order valence-electron chi connectivity index (χ4n) is 2.83. The van der Waals surface area contributed by atoms with E-state index in [4.69, 9.17) is 15.5 Å². The maximum Gasteiger partial charge on any atom is 0.152 e. The van der Waals surface area contributed by atoms with Crippen molar-refractivity contribution in [1.29, 1.82) is 0 Å². The Morgan fingerprint density at radius 3 is 2.74 bits per heavy atom. The first-order valence-electron chi connectivity index (χ1n) is 6.75. The Bertz CT molecular complexity index is 570. The summed E-state index contributed by atoms with van der Waals surface area (Å²) in [6.45, 7) is 6.41. The van der Waals surface area contributed by atoms with E-state index in [0.29, 0.717) is 6.54 Å². The van der Waals surface area contributed by atoms with Gasteiger partial charge in [0.2, 0.25) is 0 Å². The van der Waals surface area contributed by atoms with Crippen LogP contribution in [0.3, 0.4) is 0 Å². The van der Waals surface area contributed by atoms with Gasteiger partial charge in [0.05, 0.1) is 17.9 Å². The Morgan fingerprint density at radius 2 is 2.05 bits per heavy atom. The first kappa shape index (κ1) is 12.4. The van der Waals surface area contributed by atoms with E-state index < -0.39 is 0 Å². The number of imidazole rings is 1. The van der Waals surface area contributed by atoms with Crippen LogP contribution in [0, 0.1) is 0 Å². The minimum atomic E-state index is 0.221. The highest BCUT2D eigenvalue weighted by Gasteiger charge is 2.26. The molecular formula is C14H20N4O. The van der Waals surface area contributed by atoms with E-state index in [-0.39, 0.29) is 12.2 Å². The summed E-state index contributed by atoms with van der Waals surface area (Å²) in [6.07, 6.45) is 2.46. The average Bonchev–Trinajstić information content (AvgIpc) is 2.76. The average molecular weight is 260 g/mol. The summed E-state index contributed by atoms with van der Waals surface area (Å²) in [6, 6.07) is 6.01. The summed E-state index contributed by atoms with van der Waals surface area (Å²) in [5, 5.41) is 0. The van der Waals surface area contributed by atoms with Crippen LogP contribution in [0.5, 0.6) is 0 Å². The van der Waals surface area contributed by atoms with Gasteiger partial charge in [-0.3, -0.25) is 0 Å². The summed E-state index contributed by atoms with van der Waals surface area (Å²) in [5.74, 6) is 0.996. The summed E-state index contributed by atoms with van der Waals surface area (Å²) in [7, 11) is 0. The van der Waals surface area contributed by atoms with Crippen LogP contribution in [0.15, 0.2) is 24.4 Å². The molecule has 0 amide bonds. The second kappa shape index (κ2) is 4.83. The van der Waals surface area contributed by atoms with Gasteiger partial charge < -0.3 is 19.8 Å². The molecular weight excluding hydrogens is 240 g/mol. The van der Waals surface area contributed by atoms with E-state index in [0.717, 1.165) is 30.2 Å². The zero-order valence-electron chi connectivity index (χ0n) is 11.4. The molecule has 5 nitrogen and oxygen atoms in total. The lowest BCUT2D eigenvalue weighted by molar-refractivity contribution is -0.00547. The molecule has 0 bridgehead atoms. The highest BCUT2D eigenvalue weighted by atomic mass is 16.5. The second-order valence-electron chi connectivity index (χ2n) is 5.18. The van der Waals surface area contributed by atoms with Gasteiger partial charge in [0.1, 0.15) is 5.65 Å². The molecule has 2 atom stereocenters. The third kappa shape index (κ3) is 2.19. The number of hydrogen-bond acceptors (Lipinski definition) is 4. The molecule has 2 unspecified atom stereocenters. The number of nitrogens with zero attached hydrogens (tertiary/aromatic N) is 3. The van der Waals surface area contributed by atoms with Crippen LogP contribution >= 0.6 is 0 Å². The Balaban J connectivity index is 2.04. The summed E-state index contributed by atoms with van der Waals surface area (Å²) in [5.41, 5.74) is 7.93. The van der Waals surface area contributed by atoms with Gasteiger partial charge in [0, 0.05) is 25.8 Å². The fourth-order valence-corrected chi connectivity index (χ4v) is 2.83. The third-order valence-electron chi connectivity index (χ3n) is 3.52. The lowest BCUT2D eigenvalue weighted by atomic mass is 10.2. The topological polar surface area (TPSA) is 55.8 Å². The van der Waals surface area contributed by atoms with Crippen molar-refractivity contribution in [2.45, 2.75) is 32.6 Å². The molecule has 2 N–H and O–H groups in total. The molecule has 1 fully saturated rings. The highest BCUT2D eigenvalue weighted by Crippen LogP contribution is 2.24. The zero-order valence-corrected chi connectivity index (χ0v) is 11.4. The number of morpholine rings is 1. The first-order valence-corrected chi connectivity index (χ1v) is 6.75. The van der Waals surface area contributed by atoms with Crippen LogP contribution < -0.4 is 10.6 Å². The minimum absolute atomic E-state index is 0.221. The molecule has 0 aromatic carbocycles. The van der Waals surface area contributed by atoms with Crippen molar-refractivity contribution in [3.63, 3.8) is 0 Å². The van der Waals surface area contributed by atoms with E-state index in [1.807, 2.05) is 24.4 Å². The van der Waals surface area contributed by atoms with Crippen molar-refractivity contribution in [3.05, 3.63) is 30.1 Å². The number of ether oxygens (including phenoxy) is 1. The summed E-state index contributed by atoms with van der Waals surface area (Å²) in [4.78, 5) is 7.02. The molecule has 3 rings (SSSR count). The molecule has 5 heteroatoms. The van der Waals surface area contributed by atoms with Gasteiger partial charge in [-0.2, -0.15) is 0 Å². The van der Waals surface area contributed by atoms with Crippen molar-refractivity contribution >= 4 is 11.5 Å². The number of nitrogens with two attached hydrogens (primary N) is 1. The largest absolute Gasteiger partial charge is 0.372 e. The molecule has 0 aliphatic carbocycles. The lowest BCUT2D eigenvalue weighted by Gasteiger charge is -2.36. The highest BCUT2D eigenvalue weighted by molar-refractivity contribution is 5.56. The molecule has 2 aromatic heterocycles. The van der Waals surface area contributed by atoms with Gasteiger partial charge in [-0.1, -0.05) is 6.07 Å². The lowest BCUT2D eigenvalue weighted by Crippen LogP contribution is -2.46. The van der Waals surface area contributed by atoms with Gasteiger partial charge in [-0.25, -0.2) is 4.98 Å². The smallest absolute Gasteiger partial charge is 0.152 e. The van der Waals surface area contributed by atoms with Crippen molar-refractivity contribution in [2.75, 3.05) is 18.0 Å². The van der Waals surface area contributed by atoms with Crippen molar-refractivity contribution in [3.8, 4) is 0 Å². The maximum atomic E-state index is 5.92. The molecule has 102 valence electrons. The Hall–Kier alpha value is -1.59. The number of hydrogen-bond donors (Lipinski definition) is 1. The van der Waals surface area contributed by atoms with Crippen LogP contribution in [0.1, 0.15) is 19.5 Å². The van der Waals surface area contributed by atoms with Crippen LogP contribution in [0.25, 0.3) is 5.65 Å². The summed E-state index contributed by atoms with van der Waals surface area (Å²) >= 11 is 0. The Morgan fingerprint density at radius 1 is 1.32 bits per heavy atom. The van der Waals surface area contributed by atoms with Crippen molar-refractivity contribution < 1.29 is 4.74 Å². The normalized spacial score (nSPS) is 24.1. The van der Waals surface area contributed by atoms with Crippen LogP contribution in [-0.2, 0) is 11.3 Å². The predicted octanol–water partition coefficient (Wildman–Crippen LogP) is 1.41. The number of anilines is 1. The Kier molecular flexibility index (Phi) is 3.16. The molecule has 1 aliphatic heterocycles. The Labute approximate surface area is 113 Å². The molecule has 0 radical (unpaired) electrons. The minimum Gasteiger partial charge on any atom is -0.372 e. The van der Waals surface area contributed by atoms with Gasteiger partial charge in [0.15, 0.2) is 5.82 Å². The zero-order chi connectivity index (χ0) is 13.4. The first-order chi connectivity index (χ1) is 9.19. The van der Waals surface area contributed by atoms with E-state index in [9.17, 15) is 0 Å². The quantitative estimate of drug-likeness (QED) is 0.887. The molecule has 1 aliphatic rings. The molecule has 0 spiro atoms. The molecule has 0 saturated carbocycles. The van der Waals surface area contributed by atoms with Gasteiger partial charge in [0.25, 0.3) is 0 Å². The van der Waals surface area contributed by atoms with E-state index in [2.05, 4.69) is 23.1 Å². The van der Waals surface area contributed by atoms with E-state index >= 15 is 0 Å². The van der Waals surface area contributed by atoms with Crippen molar-refractivity contribution in [1.82, 2.24) is 9.38 Å². The van der Waals surface area contributed by atoms with Crippen LogP contribution in [0.2, 0.25) is 0 Å².